The maximum absolute atomic E-state index is 13.8. The molecule has 216 valence electrons. The topological polar surface area (TPSA) is 150 Å². The second-order valence-electron chi connectivity index (χ2n) is 8.38. The Labute approximate surface area is 229 Å². The van der Waals surface area contributed by atoms with Crippen LogP contribution in [-0.2, 0) is 29.2 Å². The molecule has 0 spiro atoms. The maximum atomic E-state index is 13.8. The van der Waals surface area contributed by atoms with Gasteiger partial charge in [-0.3, -0.25) is 19.2 Å². The van der Waals surface area contributed by atoms with Gasteiger partial charge in [0.05, 0.1) is 24.4 Å². The van der Waals surface area contributed by atoms with Crippen LogP contribution in [0.2, 0.25) is 5.02 Å². The summed E-state index contributed by atoms with van der Waals surface area (Å²) in [5, 5.41) is 11.4. The van der Waals surface area contributed by atoms with Crippen LogP contribution in [0.1, 0.15) is 6.42 Å². The van der Waals surface area contributed by atoms with Gasteiger partial charge in [0.1, 0.15) is 12.6 Å². The van der Waals surface area contributed by atoms with Crippen molar-refractivity contribution in [2.75, 3.05) is 32.8 Å². The van der Waals surface area contributed by atoms with Gasteiger partial charge in [0, 0.05) is 24.2 Å². The van der Waals surface area contributed by atoms with E-state index in [2.05, 4.69) is 10.1 Å². The number of ketones is 1. The summed E-state index contributed by atoms with van der Waals surface area (Å²) in [5.41, 5.74) is 0. The number of aliphatic carboxylic acids is 1. The molecule has 2 aromatic carbocycles. The Morgan fingerprint density at radius 1 is 1.05 bits per heavy atom. The summed E-state index contributed by atoms with van der Waals surface area (Å²) < 4.78 is 85.2. The summed E-state index contributed by atoms with van der Waals surface area (Å²) >= 11 is 5.77. The van der Waals surface area contributed by atoms with Gasteiger partial charge in [-0.15, -0.1) is 0 Å². The predicted octanol–water partition coefficient (Wildman–Crippen LogP) is 1.34. The summed E-state index contributed by atoms with van der Waals surface area (Å²) in [6.07, 6.45) is -1.00. The summed E-state index contributed by atoms with van der Waals surface area (Å²) in [5.74, 6) is -13.6. The highest BCUT2D eigenvalue weighted by Crippen LogP contribution is 2.26. The zero-order chi connectivity index (χ0) is 29.8. The van der Waals surface area contributed by atoms with E-state index in [1.165, 1.54) is 24.3 Å². The van der Waals surface area contributed by atoms with E-state index in [0.717, 1.165) is 9.21 Å². The second kappa shape index (κ2) is 12.6. The van der Waals surface area contributed by atoms with E-state index < -0.39 is 94.8 Å². The molecular weight excluding hydrogens is 590 g/mol. The number of piperazine rings is 1. The molecule has 1 atom stereocenters. The van der Waals surface area contributed by atoms with Crippen molar-refractivity contribution in [1.29, 1.82) is 0 Å². The van der Waals surface area contributed by atoms with Crippen molar-refractivity contribution in [3.8, 4) is 5.75 Å². The molecule has 2 N–H and O–H groups in total. The highest BCUT2D eigenvalue weighted by molar-refractivity contribution is 7.89. The first kappa shape index (κ1) is 30.8. The number of ether oxygens (including phenoxy) is 1. The molecule has 40 heavy (non-hydrogen) atoms. The van der Waals surface area contributed by atoms with Crippen LogP contribution < -0.4 is 10.1 Å². The molecular formula is C23H20ClF4N3O8S. The van der Waals surface area contributed by atoms with Crippen LogP contribution in [0.4, 0.5) is 17.6 Å². The molecule has 1 fully saturated rings. The molecule has 0 aromatic heterocycles. The molecule has 17 heteroatoms. The Morgan fingerprint density at radius 3 is 2.20 bits per heavy atom. The standard InChI is InChI=1S/C23H20ClF4N3O8S/c24-12-1-3-13(4-2-12)40(37,38)31-6-5-30(19(34)10-31)9-18(33)29-16(8-20(35)36)17(32)11-39-23-21(27)14(25)7-15(26)22(23)28/h1-4,7,16H,5-6,8-11H2,(H,29,33)(H,35,36). The van der Waals surface area contributed by atoms with Crippen molar-refractivity contribution >= 4 is 45.2 Å². The smallest absolute Gasteiger partial charge is 0.305 e. The highest BCUT2D eigenvalue weighted by Gasteiger charge is 2.34. The molecule has 1 saturated heterocycles. The Morgan fingerprint density at radius 2 is 1.65 bits per heavy atom. The zero-order valence-electron chi connectivity index (χ0n) is 20.2. The van der Waals surface area contributed by atoms with Crippen LogP contribution in [0.5, 0.6) is 5.75 Å². The number of sulfonamides is 1. The number of carbonyl (C=O) groups is 4. The van der Waals surface area contributed by atoms with Gasteiger partial charge < -0.3 is 20.1 Å². The van der Waals surface area contributed by atoms with E-state index in [9.17, 15) is 45.2 Å². The number of hydrogen-bond acceptors (Lipinski definition) is 7. The van der Waals surface area contributed by atoms with Gasteiger partial charge >= 0.3 is 5.97 Å². The number of carboxylic acid groups (broad SMARTS) is 1. The van der Waals surface area contributed by atoms with Crippen molar-refractivity contribution in [3.63, 3.8) is 0 Å². The second-order valence-corrected chi connectivity index (χ2v) is 10.8. The number of carboxylic acids is 1. The number of Topliss-reactive ketones (excluding diaryl/α,β-unsaturated/α-hetero) is 1. The van der Waals surface area contributed by atoms with Crippen molar-refractivity contribution < 1.29 is 55.0 Å². The monoisotopic (exact) mass is 609 g/mol. The quantitative estimate of drug-likeness (QED) is 0.286. The molecule has 0 saturated carbocycles. The van der Waals surface area contributed by atoms with Crippen LogP contribution >= 0.6 is 11.6 Å². The lowest BCUT2D eigenvalue weighted by Crippen LogP contribution is -2.55. The lowest BCUT2D eigenvalue weighted by molar-refractivity contribution is -0.142. The van der Waals surface area contributed by atoms with E-state index in [1.807, 2.05) is 0 Å². The van der Waals surface area contributed by atoms with Crippen LogP contribution in [0.15, 0.2) is 35.2 Å². The number of benzene rings is 2. The number of amides is 2. The predicted molar refractivity (Wildman–Crippen MR) is 128 cm³/mol. The first-order valence-electron chi connectivity index (χ1n) is 11.2. The van der Waals surface area contributed by atoms with Gasteiger partial charge in [-0.05, 0) is 24.3 Å². The third kappa shape index (κ3) is 7.25. The van der Waals surface area contributed by atoms with Gasteiger partial charge in [0.2, 0.25) is 33.5 Å². The number of nitrogens with one attached hydrogen (secondary N) is 1. The van der Waals surface area contributed by atoms with E-state index >= 15 is 0 Å². The van der Waals surface area contributed by atoms with Crippen molar-refractivity contribution in [2.24, 2.45) is 0 Å². The maximum Gasteiger partial charge on any atom is 0.305 e. The van der Waals surface area contributed by atoms with Crippen LogP contribution in [0.25, 0.3) is 0 Å². The fourth-order valence-electron chi connectivity index (χ4n) is 3.57. The Balaban J connectivity index is 1.61. The van der Waals surface area contributed by atoms with Crippen LogP contribution in [0.3, 0.4) is 0 Å². The Kier molecular flexibility index (Phi) is 9.70. The molecule has 11 nitrogen and oxygen atoms in total. The summed E-state index contributed by atoms with van der Waals surface area (Å²) in [4.78, 5) is 49.6. The minimum Gasteiger partial charge on any atom is -0.481 e. The minimum atomic E-state index is -4.05. The number of hydrogen-bond donors (Lipinski definition) is 2. The Hall–Kier alpha value is -3.76. The zero-order valence-corrected chi connectivity index (χ0v) is 21.8. The van der Waals surface area contributed by atoms with E-state index in [4.69, 9.17) is 16.7 Å². The van der Waals surface area contributed by atoms with Crippen molar-refractivity contribution in [3.05, 3.63) is 58.6 Å². The lowest BCUT2D eigenvalue weighted by atomic mass is 10.1. The molecule has 2 aromatic rings. The molecule has 2 amide bonds. The van der Waals surface area contributed by atoms with Gasteiger partial charge in [0.25, 0.3) is 0 Å². The van der Waals surface area contributed by atoms with E-state index in [-0.39, 0.29) is 24.1 Å². The normalized spacial score (nSPS) is 15.0. The highest BCUT2D eigenvalue weighted by atomic mass is 35.5. The third-order valence-corrected chi connectivity index (χ3v) is 7.71. The first-order chi connectivity index (χ1) is 18.7. The average molecular weight is 610 g/mol. The molecule has 1 unspecified atom stereocenters. The molecule has 0 bridgehead atoms. The van der Waals surface area contributed by atoms with Crippen molar-refractivity contribution in [2.45, 2.75) is 17.4 Å². The summed E-state index contributed by atoms with van der Waals surface area (Å²) in [6, 6.07) is 3.36. The van der Waals surface area contributed by atoms with Gasteiger partial charge in [-0.2, -0.15) is 13.1 Å². The van der Waals surface area contributed by atoms with Crippen LogP contribution in [-0.4, -0.2) is 85.1 Å². The van der Waals surface area contributed by atoms with Gasteiger partial charge in [-0.1, -0.05) is 11.6 Å². The van der Waals surface area contributed by atoms with E-state index in [1.54, 1.807) is 0 Å². The van der Waals surface area contributed by atoms with E-state index in [0.29, 0.717) is 5.02 Å². The fourth-order valence-corrected chi connectivity index (χ4v) is 5.08. The molecule has 1 heterocycles. The van der Waals surface area contributed by atoms with Gasteiger partial charge in [-0.25, -0.2) is 17.2 Å². The molecule has 1 aliphatic rings. The largest absolute Gasteiger partial charge is 0.481 e. The Bertz CT molecular complexity index is 1420. The molecule has 1 aliphatic heterocycles. The first-order valence-corrected chi connectivity index (χ1v) is 13.1. The number of halogens is 5. The average Bonchev–Trinajstić information content (AvgIpc) is 2.88. The van der Waals surface area contributed by atoms with Crippen LogP contribution in [0, 0.1) is 23.3 Å². The van der Waals surface area contributed by atoms with Gasteiger partial charge in [0.15, 0.2) is 23.2 Å². The SMILES string of the molecule is O=C(O)CC(NC(=O)CN1CCN(S(=O)(=O)c2ccc(Cl)cc2)CC1=O)C(=O)COc1c(F)c(F)cc(F)c1F. The van der Waals surface area contributed by atoms with Crippen molar-refractivity contribution in [1.82, 2.24) is 14.5 Å². The number of rotatable bonds is 11. The summed E-state index contributed by atoms with van der Waals surface area (Å²) in [7, 11) is -4.05. The lowest BCUT2D eigenvalue weighted by Gasteiger charge is -2.33. The summed E-state index contributed by atoms with van der Waals surface area (Å²) in [6.45, 7) is -2.96. The minimum absolute atomic E-state index is 0.0823. The molecule has 0 radical (unpaired) electrons. The third-order valence-electron chi connectivity index (χ3n) is 5.60. The molecule has 0 aliphatic carbocycles. The number of carbonyl (C=O) groups excluding carboxylic acids is 3. The number of nitrogens with zero attached hydrogens (tertiary/aromatic N) is 2. The molecule has 3 rings (SSSR count). The fraction of sp³-hybridized carbons (Fsp3) is 0.304.